The summed E-state index contributed by atoms with van der Waals surface area (Å²) in [6.45, 7) is 7.53. The molecule has 0 saturated carbocycles. The first-order valence-corrected chi connectivity index (χ1v) is 13.9. The quantitative estimate of drug-likeness (QED) is 0.480. The van der Waals surface area contributed by atoms with Crippen LogP contribution in [-0.2, 0) is 15.9 Å². The minimum absolute atomic E-state index is 0.182. The zero-order chi connectivity index (χ0) is 30.7. The third-order valence-electron chi connectivity index (χ3n) is 7.75. The fourth-order valence-electron chi connectivity index (χ4n) is 5.78. The van der Waals surface area contributed by atoms with Crippen LogP contribution in [0.25, 0.3) is 0 Å². The van der Waals surface area contributed by atoms with E-state index in [1.165, 1.54) is 12.1 Å². The number of nitrogens with zero attached hydrogens (tertiary/aromatic N) is 4. The van der Waals surface area contributed by atoms with Gasteiger partial charge < -0.3 is 34.3 Å². The monoisotopic (exact) mass is 597 g/mol. The summed E-state index contributed by atoms with van der Waals surface area (Å²) in [5.41, 5.74) is 5.70. The average molecular weight is 598 g/mol. The lowest BCUT2D eigenvalue weighted by Gasteiger charge is -2.48. The number of amides is 3. The van der Waals surface area contributed by atoms with Gasteiger partial charge in [-0.2, -0.15) is 4.98 Å². The third kappa shape index (κ3) is 8.05. The van der Waals surface area contributed by atoms with Gasteiger partial charge in [-0.25, -0.2) is 9.59 Å². The molecule has 2 saturated heterocycles. The molecule has 0 aliphatic carbocycles. The number of benzene rings is 1. The van der Waals surface area contributed by atoms with Crippen molar-refractivity contribution >= 4 is 12.1 Å². The van der Waals surface area contributed by atoms with Crippen LogP contribution in [0.1, 0.15) is 69.1 Å². The first-order valence-electron chi connectivity index (χ1n) is 13.9. The number of carbonyl (C=O) groups excluding carboxylic acids is 2. The zero-order valence-electron chi connectivity index (χ0n) is 24.2. The molecule has 0 spiro atoms. The van der Waals surface area contributed by atoms with E-state index in [0.29, 0.717) is 63.6 Å². The smallest absolute Gasteiger partial charge is 0.446 e. The average Bonchev–Trinajstić information content (AvgIpc) is 3.39. The van der Waals surface area contributed by atoms with Gasteiger partial charge in [-0.1, -0.05) is 38.1 Å². The fourth-order valence-corrected chi connectivity index (χ4v) is 5.78. The number of aromatic nitrogens is 2. The SMILES string of the molecule is COCCc1noc(C2CC(c3ccc(OC(F)(F)F)cc3)CN(C(=O)N3CCC(OC(N)=O)CC3C(C)(C)C)C2)n1. The number of hydrogen-bond donors (Lipinski definition) is 1. The molecule has 4 atom stereocenters. The van der Waals surface area contributed by atoms with E-state index < -0.39 is 12.5 Å². The van der Waals surface area contributed by atoms with Crippen LogP contribution in [0, 0.1) is 5.41 Å². The Hall–Kier alpha value is -3.55. The van der Waals surface area contributed by atoms with Crippen molar-refractivity contribution in [3.63, 3.8) is 0 Å². The number of rotatable bonds is 7. The standard InChI is InChI=1S/C28H38F3N5O6/c1-27(2,3)22-14-21(40-25(32)37)9-11-36(22)26(38)35-15-18(17-5-7-20(8-6-17)41-28(29,30)31)13-19(16-35)24-33-23(34-42-24)10-12-39-4/h5-8,18-19,21-22H,9-16H2,1-4H3,(H2,32,37). The molecule has 2 aliphatic rings. The molecule has 2 N–H and O–H groups in total. The Labute approximate surface area is 242 Å². The highest BCUT2D eigenvalue weighted by Crippen LogP contribution is 2.39. The third-order valence-corrected chi connectivity index (χ3v) is 7.75. The minimum atomic E-state index is -4.79. The molecule has 14 heteroatoms. The number of alkyl halides is 3. The summed E-state index contributed by atoms with van der Waals surface area (Å²) in [6.07, 6.45) is -4.11. The predicted octanol–water partition coefficient (Wildman–Crippen LogP) is 4.82. The number of nitrogens with two attached hydrogens (primary N) is 1. The first-order chi connectivity index (χ1) is 19.7. The summed E-state index contributed by atoms with van der Waals surface area (Å²) in [6, 6.07) is 5.29. The van der Waals surface area contributed by atoms with Crippen LogP contribution in [0.2, 0.25) is 0 Å². The molecule has 2 aliphatic heterocycles. The number of methoxy groups -OCH3 is 1. The molecule has 3 heterocycles. The molecule has 4 rings (SSSR count). The highest BCUT2D eigenvalue weighted by atomic mass is 19.4. The van der Waals surface area contributed by atoms with Gasteiger partial charge in [-0.15, -0.1) is 13.2 Å². The van der Waals surface area contributed by atoms with Crippen molar-refractivity contribution in [3.8, 4) is 5.75 Å². The van der Waals surface area contributed by atoms with Crippen LogP contribution in [0.4, 0.5) is 22.8 Å². The van der Waals surface area contributed by atoms with E-state index in [2.05, 4.69) is 14.9 Å². The van der Waals surface area contributed by atoms with Crippen LogP contribution >= 0.6 is 0 Å². The molecule has 4 unspecified atom stereocenters. The molecule has 0 bridgehead atoms. The molecule has 11 nitrogen and oxygen atoms in total. The highest BCUT2D eigenvalue weighted by molar-refractivity contribution is 5.75. The van der Waals surface area contributed by atoms with E-state index >= 15 is 0 Å². The van der Waals surface area contributed by atoms with E-state index in [0.717, 1.165) is 5.56 Å². The second kappa shape index (κ2) is 12.8. The van der Waals surface area contributed by atoms with Gasteiger partial charge in [0.1, 0.15) is 11.9 Å². The van der Waals surface area contributed by atoms with E-state index in [1.54, 1.807) is 24.1 Å². The molecule has 3 amide bonds. The second-order valence-corrected chi connectivity index (χ2v) is 11.9. The first kappa shape index (κ1) is 31.4. The maximum Gasteiger partial charge on any atom is 0.573 e. The summed E-state index contributed by atoms with van der Waals surface area (Å²) in [7, 11) is 1.58. The number of ether oxygens (including phenoxy) is 3. The Kier molecular flexibility index (Phi) is 9.53. The van der Waals surface area contributed by atoms with Gasteiger partial charge >= 0.3 is 18.5 Å². The van der Waals surface area contributed by atoms with Crippen molar-refractivity contribution in [2.45, 2.75) is 76.8 Å². The van der Waals surface area contributed by atoms with Crippen molar-refractivity contribution in [2.24, 2.45) is 11.1 Å². The van der Waals surface area contributed by atoms with E-state index in [9.17, 15) is 22.8 Å². The van der Waals surface area contributed by atoms with Crippen molar-refractivity contribution in [1.82, 2.24) is 19.9 Å². The molecular formula is C28H38F3N5O6. The van der Waals surface area contributed by atoms with Gasteiger partial charge in [0.15, 0.2) is 5.82 Å². The Balaban J connectivity index is 1.59. The second-order valence-electron chi connectivity index (χ2n) is 11.9. The normalized spacial score (nSPS) is 23.5. The molecule has 2 fully saturated rings. The van der Waals surface area contributed by atoms with Crippen LogP contribution in [0.15, 0.2) is 28.8 Å². The van der Waals surface area contributed by atoms with Gasteiger partial charge in [-0.05, 0) is 29.5 Å². The van der Waals surface area contributed by atoms with Crippen LogP contribution in [0.3, 0.4) is 0 Å². The van der Waals surface area contributed by atoms with Crippen LogP contribution < -0.4 is 10.5 Å². The summed E-state index contributed by atoms with van der Waals surface area (Å²) < 4.78 is 58.1. The lowest BCUT2D eigenvalue weighted by Crippen LogP contribution is -2.58. The molecule has 0 radical (unpaired) electrons. The Morgan fingerprint density at radius 3 is 2.40 bits per heavy atom. The number of halogens is 3. The fraction of sp³-hybridized carbons (Fsp3) is 0.643. The minimum Gasteiger partial charge on any atom is -0.446 e. The molecule has 1 aromatic heterocycles. The van der Waals surface area contributed by atoms with Gasteiger partial charge in [0, 0.05) is 58.0 Å². The molecule has 1 aromatic carbocycles. The van der Waals surface area contributed by atoms with E-state index in [1.807, 2.05) is 25.7 Å². The predicted molar refractivity (Wildman–Crippen MR) is 144 cm³/mol. The van der Waals surface area contributed by atoms with Crippen molar-refractivity contribution in [2.75, 3.05) is 33.4 Å². The van der Waals surface area contributed by atoms with E-state index in [-0.39, 0.29) is 41.2 Å². The lowest BCUT2D eigenvalue weighted by atomic mass is 9.79. The summed E-state index contributed by atoms with van der Waals surface area (Å²) in [4.78, 5) is 33.6. The Bertz CT molecular complexity index is 1220. The summed E-state index contributed by atoms with van der Waals surface area (Å²) in [5, 5.41) is 4.05. The molecule has 42 heavy (non-hydrogen) atoms. The summed E-state index contributed by atoms with van der Waals surface area (Å²) in [5.74, 6) is 0.0453. The summed E-state index contributed by atoms with van der Waals surface area (Å²) >= 11 is 0. The van der Waals surface area contributed by atoms with Gasteiger partial charge in [-0.3, -0.25) is 0 Å². The number of piperidine rings is 2. The van der Waals surface area contributed by atoms with Crippen LogP contribution in [-0.4, -0.2) is 83.9 Å². The number of primary amides is 1. The lowest BCUT2D eigenvalue weighted by molar-refractivity contribution is -0.274. The molecule has 2 aromatic rings. The van der Waals surface area contributed by atoms with Crippen molar-refractivity contribution in [1.29, 1.82) is 0 Å². The number of urea groups is 1. The van der Waals surface area contributed by atoms with Crippen molar-refractivity contribution in [3.05, 3.63) is 41.5 Å². The molecular weight excluding hydrogens is 559 g/mol. The van der Waals surface area contributed by atoms with Crippen molar-refractivity contribution < 1.29 is 41.5 Å². The largest absolute Gasteiger partial charge is 0.573 e. The molecule has 232 valence electrons. The van der Waals surface area contributed by atoms with Gasteiger partial charge in [0.25, 0.3) is 0 Å². The van der Waals surface area contributed by atoms with Gasteiger partial charge in [0.05, 0.1) is 12.5 Å². The maximum absolute atomic E-state index is 14.1. The van der Waals surface area contributed by atoms with Gasteiger partial charge in [0.2, 0.25) is 5.89 Å². The highest BCUT2D eigenvalue weighted by Gasteiger charge is 2.43. The topological polar surface area (TPSA) is 133 Å². The number of hydrogen-bond acceptors (Lipinski definition) is 8. The van der Waals surface area contributed by atoms with Crippen LogP contribution in [0.5, 0.6) is 5.75 Å². The Morgan fingerprint density at radius 2 is 1.79 bits per heavy atom. The maximum atomic E-state index is 14.1. The zero-order valence-corrected chi connectivity index (χ0v) is 24.2. The Morgan fingerprint density at radius 1 is 1.10 bits per heavy atom. The number of likely N-dealkylation sites (tertiary alicyclic amines) is 2. The number of carbonyl (C=O) groups is 2. The van der Waals surface area contributed by atoms with E-state index in [4.69, 9.17) is 19.7 Å².